The van der Waals surface area contributed by atoms with E-state index in [1.807, 2.05) is 4.90 Å². The quantitative estimate of drug-likeness (QED) is 0.829. The number of ether oxygens (including phenoxy) is 1. The van der Waals surface area contributed by atoms with E-state index in [0.717, 1.165) is 25.2 Å². The lowest BCUT2D eigenvalue weighted by molar-refractivity contribution is -0.137. The van der Waals surface area contributed by atoms with Gasteiger partial charge in [0.05, 0.1) is 11.7 Å². The molecule has 0 saturated carbocycles. The monoisotopic (exact) mass is 274 g/mol. The highest BCUT2D eigenvalue weighted by atomic mass is 19.4. The summed E-state index contributed by atoms with van der Waals surface area (Å²) in [5.74, 6) is 1.03. The van der Waals surface area contributed by atoms with Crippen molar-refractivity contribution in [1.29, 1.82) is 0 Å². The highest BCUT2D eigenvalue weighted by Crippen LogP contribution is 2.30. The predicted molar refractivity (Wildman–Crippen MR) is 66.0 cm³/mol. The summed E-state index contributed by atoms with van der Waals surface area (Å²) >= 11 is 0. The molecule has 2 heterocycles. The fourth-order valence-corrected chi connectivity index (χ4v) is 2.29. The molecule has 0 radical (unpaired) electrons. The summed E-state index contributed by atoms with van der Waals surface area (Å²) in [4.78, 5) is 5.88. The first-order valence-electron chi connectivity index (χ1n) is 6.23. The molecule has 2 atom stereocenters. The number of rotatable bonds is 2. The lowest BCUT2D eigenvalue weighted by Crippen LogP contribution is -2.44. The molecule has 3 nitrogen and oxygen atoms in total. The average molecular weight is 274 g/mol. The number of aromatic nitrogens is 1. The Kier molecular flexibility index (Phi) is 3.99. The van der Waals surface area contributed by atoms with Crippen LogP contribution in [0.4, 0.5) is 19.0 Å². The molecule has 1 saturated heterocycles. The Morgan fingerprint density at radius 1 is 1.37 bits per heavy atom. The van der Waals surface area contributed by atoms with Crippen LogP contribution >= 0.6 is 0 Å². The summed E-state index contributed by atoms with van der Waals surface area (Å²) in [5.41, 5.74) is -0.718. The fraction of sp³-hybridized carbons (Fsp3) is 0.615. The molecule has 0 bridgehead atoms. The number of hydrogen-bond donors (Lipinski definition) is 0. The molecule has 1 fully saturated rings. The van der Waals surface area contributed by atoms with E-state index in [1.54, 1.807) is 7.11 Å². The van der Waals surface area contributed by atoms with Gasteiger partial charge in [-0.05, 0) is 24.5 Å². The summed E-state index contributed by atoms with van der Waals surface area (Å²) < 4.78 is 42.8. The van der Waals surface area contributed by atoms with Crippen molar-refractivity contribution in [2.24, 2.45) is 5.92 Å². The Labute approximate surface area is 110 Å². The van der Waals surface area contributed by atoms with Crippen LogP contribution in [0.25, 0.3) is 0 Å². The van der Waals surface area contributed by atoms with E-state index in [2.05, 4.69) is 11.9 Å². The van der Waals surface area contributed by atoms with Crippen molar-refractivity contribution in [3.05, 3.63) is 23.9 Å². The van der Waals surface area contributed by atoms with Crippen LogP contribution in [0.15, 0.2) is 18.3 Å². The Morgan fingerprint density at radius 2 is 2.11 bits per heavy atom. The topological polar surface area (TPSA) is 25.4 Å². The second-order valence-electron chi connectivity index (χ2n) is 4.89. The predicted octanol–water partition coefficient (Wildman–Crippen LogP) is 2.96. The number of piperidine rings is 1. The fourth-order valence-electron chi connectivity index (χ4n) is 2.29. The largest absolute Gasteiger partial charge is 0.417 e. The van der Waals surface area contributed by atoms with Gasteiger partial charge in [-0.2, -0.15) is 13.2 Å². The Hall–Kier alpha value is -1.30. The summed E-state index contributed by atoms with van der Waals surface area (Å²) in [6.07, 6.45) is -2.41. The zero-order valence-electron chi connectivity index (χ0n) is 10.9. The van der Waals surface area contributed by atoms with Gasteiger partial charge in [-0.1, -0.05) is 6.92 Å². The second kappa shape index (κ2) is 5.36. The smallest absolute Gasteiger partial charge is 0.379 e. The number of nitrogens with zero attached hydrogens (tertiary/aromatic N) is 2. The molecular formula is C13H17F3N2O. The molecule has 0 spiro atoms. The van der Waals surface area contributed by atoms with E-state index in [0.29, 0.717) is 18.3 Å². The highest BCUT2D eigenvalue weighted by Gasteiger charge is 2.31. The number of pyridine rings is 1. The van der Waals surface area contributed by atoms with Crippen LogP contribution in [0.2, 0.25) is 0 Å². The molecule has 1 aliphatic rings. The van der Waals surface area contributed by atoms with Gasteiger partial charge in [0.15, 0.2) is 0 Å². The molecule has 2 unspecified atom stereocenters. The van der Waals surface area contributed by atoms with Crippen LogP contribution in [-0.4, -0.2) is 31.3 Å². The summed E-state index contributed by atoms with van der Waals surface area (Å²) in [6, 6.07) is 2.49. The third kappa shape index (κ3) is 3.18. The molecule has 0 amide bonds. The number of alkyl halides is 3. The number of halogens is 3. The van der Waals surface area contributed by atoms with Gasteiger partial charge in [-0.15, -0.1) is 0 Å². The number of hydrogen-bond acceptors (Lipinski definition) is 3. The highest BCUT2D eigenvalue weighted by molar-refractivity contribution is 5.40. The molecule has 106 valence electrons. The Bertz CT molecular complexity index is 419. The standard InChI is InChI=1S/C13H17F3N2O/c1-9-5-6-18(8-11(9)19-2)12-4-3-10(7-17-12)13(14,15)16/h3-4,7,9,11H,5-6,8H2,1-2H3. The first kappa shape index (κ1) is 14.1. The zero-order chi connectivity index (χ0) is 14.0. The third-order valence-electron chi connectivity index (χ3n) is 3.59. The third-order valence-corrected chi connectivity index (χ3v) is 3.59. The number of methoxy groups -OCH3 is 1. The normalized spacial score (nSPS) is 24.6. The first-order valence-corrected chi connectivity index (χ1v) is 6.23. The maximum atomic E-state index is 12.5. The van der Waals surface area contributed by atoms with Crippen LogP contribution in [0, 0.1) is 5.92 Å². The van der Waals surface area contributed by atoms with Gasteiger partial charge in [-0.25, -0.2) is 4.98 Å². The summed E-state index contributed by atoms with van der Waals surface area (Å²) in [7, 11) is 1.66. The molecule has 1 aliphatic heterocycles. The van der Waals surface area contributed by atoms with Gasteiger partial charge in [-0.3, -0.25) is 0 Å². The minimum atomic E-state index is -4.34. The average Bonchev–Trinajstić information content (AvgIpc) is 2.38. The van der Waals surface area contributed by atoms with Crippen LogP contribution in [0.1, 0.15) is 18.9 Å². The molecule has 19 heavy (non-hydrogen) atoms. The van der Waals surface area contributed by atoms with Crippen LogP contribution in [0.5, 0.6) is 0 Å². The van der Waals surface area contributed by atoms with Gasteiger partial charge < -0.3 is 9.64 Å². The second-order valence-corrected chi connectivity index (χ2v) is 4.89. The summed E-state index contributed by atoms with van der Waals surface area (Å²) in [6.45, 7) is 3.57. The van der Waals surface area contributed by atoms with E-state index in [9.17, 15) is 13.2 Å². The van der Waals surface area contributed by atoms with Crippen LogP contribution in [-0.2, 0) is 10.9 Å². The molecule has 2 rings (SSSR count). The number of anilines is 1. The van der Waals surface area contributed by atoms with Crippen LogP contribution in [0.3, 0.4) is 0 Å². The van der Waals surface area contributed by atoms with Crippen molar-refractivity contribution in [2.45, 2.75) is 25.6 Å². The summed E-state index contributed by atoms with van der Waals surface area (Å²) in [5, 5.41) is 0. The maximum absolute atomic E-state index is 12.5. The molecule has 1 aromatic heterocycles. The van der Waals surface area contributed by atoms with E-state index in [1.165, 1.54) is 6.07 Å². The van der Waals surface area contributed by atoms with Gasteiger partial charge >= 0.3 is 6.18 Å². The first-order chi connectivity index (χ1) is 8.91. The van der Waals surface area contributed by atoms with Crippen molar-refractivity contribution in [2.75, 3.05) is 25.1 Å². The zero-order valence-corrected chi connectivity index (χ0v) is 10.9. The molecule has 0 N–H and O–H groups in total. The van der Waals surface area contributed by atoms with Crippen LogP contribution < -0.4 is 4.90 Å². The lowest BCUT2D eigenvalue weighted by Gasteiger charge is -2.36. The van der Waals surface area contributed by atoms with Gasteiger partial charge in [0.1, 0.15) is 5.82 Å². The van der Waals surface area contributed by atoms with Gasteiger partial charge in [0.25, 0.3) is 0 Å². The molecule has 0 aromatic carbocycles. The van der Waals surface area contributed by atoms with E-state index < -0.39 is 11.7 Å². The molecule has 6 heteroatoms. The van der Waals surface area contributed by atoms with Crippen molar-refractivity contribution in [3.63, 3.8) is 0 Å². The van der Waals surface area contributed by atoms with Gasteiger partial charge in [0, 0.05) is 26.4 Å². The Balaban J connectivity index is 2.10. The lowest BCUT2D eigenvalue weighted by atomic mass is 9.96. The minimum absolute atomic E-state index is 0.0952. The van der Waals surface area contributed by atoms with E-state index in [4.69, 9.17) is 4.74 Å². The van der Waals surface area contributed by atoms with Crippen molar-refractivity contribution < 1.29 is 17.9 Å². The molecular weight excluding hydrogens is 257 g/mol. The van der Waals surface area contributed by atoms with E-state index >= 15 is 0 Å². The molecule has 0 aliphatic carbocycles. The van der Waals surface area contributed by atoms with Crippen molar-refractivity contribution in [1.82, 2.24) is 4.98 Å². The van der Waals surface area contributed by atoms with Crippen molar-refractivity contribution >= 4 is 5.82 Å². The SMILES string of the molecule is COC1CN(c2ccc(C(F)(F)F)cn2)CCC1C. The van der Waals surface area contributed by atoms with Crippen molar-refractivity contribution in [3.8, 4) is 0 Å². The van der Waals surface area contributed by atoms with Gasteiger partial charge in [0.2, 0.25) is 0 Å². The Morgan fingerprint density at radius 3 is 2.63 bits per heavy atom. The minimum Gasteiger partial charge on any atom is -0.379 e. The maximum Gasteiger partial charge on any atom is 0.417 e. The molecule has 1 aromatic rings. The van der Waals surface area contributed by atoms with E-state index in [-0.39, 0.29) is 6.10 Å².